The van der Waals surface area contributed by atoms with Crippen molar-refractivity contribution in [3.8, 4) is 0 Å². The molecule has 2 rings (SSSR count). The summed E-state index contributed by atoms with van der Waals surface area (Å²) in [4.78, 5) is 26.6. The van der Waals surface area contributed by atoms with Crippen molar-refractivity contribution >= 4 is 39.1 Å². The summed E-state index contributed by atoms with van der Waals surface area (Å²) in [6, 6.07) is 0. The molecule has 0 bridgehead atoms. The van der Waals surface area contributed by atoms with Crippen LogP contribution in [0.3, 0.4) is 0 Å². The molecule has 0 unspecified atom stereocenters. The predicted octanol–water partition coefficient (Wildman–Crippen LogP) is 1.35. The van der Waals surface area contributed by atoms with E-state index in [9.17, 15) is 9.59 Å². The van der Waals surface area contributed by atoms with Crippen LogP contribution in [-0.4, -0.2) is 20.6 Å². The number of carbonyl (C=O) groups is 1. The summed E-state index contributed by atoms with van der Waals surface area (Å²) < 4.78 is 1.26. The maximum Gasteiger partial charge on any atom is 0.347 e. The largest absolute Gasteiger partial charge is 0.477 e. The SMILES string of the molecule is Cn1cnc2sc(C(=O)O)c(Cl)c2c1=O. The number of rotatable bonds is 1. The van der Waals surface area contributed by atoms with E-state index in [1.165, 1.54) is 17.9 Å². The molecule has 0 aliphatic carbocycles. The lowest BCUT2D eigenvalue weighted by Crippen LogP contribution is -2.16. The molecule has 0 aliphatic heterocycles. The van der Waals surface area contributed by atoms with Crippen LogP contribution < -0.4 is 5.56 Å². The Morgan fingerprint density at radius 3 is 2.93 bits per heavy atom. The van der Waals surface area contributed by atoms with Crippen LogP contribution in [0.2, 0.25) is 5.02 Å². The number of fused-ring (bicyclic) bond motifs is 1. The second kappa shape index (κ2) is 3.32. The smallest absolute Gasteiger partial charge is 0.347 e. The molecular weight excluding hydrogens is 240 g/mol. The second-order valence-electron chi connectivity index (χ2n) is 2.89. The molecule has 0 saturated carbocycles. The zero-order valence-corrected chi connectivity index (χ0v) is 9.09. The van der Waals surface area contributed by atoms with E-state index in [1.54, 1.807) is 0 Å². The first-order valence-electron chi connectivity index (χ1n) is 3.89. The number of hydrogen-bond donors (Lipinski definition) is 1. The molecule has 78 valence electrons. The Morgan fingerprint density at radius 1 is 1.67 bits per heavy atom. The van der Waals surface area contributed by atoms with Gasteiger partial charge in [-0.2, -0.15) is 0 Å². The summed E-state index contributed by atoms with van der Waals surface area (Å²) >= 11 is 6.70. The summed E-state index contributed by atoms with van der Waals surface area (Å²) in [5.41, 5.74) is -0.339. The van der Waals surface area contributed by atoms with Gasteiger partial charge < -0.3 is 9.67 Å². The minimum atomic E-state index is -1.15. The average molecular weight is 245 g/mol. The molecule has 5 nitrogen and oxygen atoms in total. The lowest BCUT2D eigenvalue weighted by atomic mass is 10.3. The third-order valence-corrected chi connectivity index (χ3v) is 3.48. The number of aryl methyl sites for hydroxylation is 1. The van der Waals surface area contributed by atoms with Crippen molar-refractivity contribution in [2.75, 3.05) is 0 Å². The van der Waals surface area contributed by atoms with E-state index >= 15 is 0 Å². The third-order valence-electron chi connectivity index (χ3n) is 1.91. The summed E-state index contributed by atoms with van der Waals surface area (Å²) in [5.74, 6) is -1.15. The zero-order chi connectivity index (χ0) is 11.2. The Hall–Kier alpha value is -1.40. The molecule has 2 heterocycles. The topological polar surface area (TPSA) is 72.2 Å². The highest BCUT2D eigenvalue weighted by atomic mass is 35.5. The Balaban J connectivity index is 2.96. The van der Waals surface area contributed by atoms with Gasteiger partial charge in [-0.15, -0.1) is 11.3 Å². The van der Waals surface area contributed by atoms with E-state index in [4.69, 9.17) is 16.7 Å². The van der Waals surface area contributed by atoms with Crippen LogP contribution in [0.5, 0.6) is 0 Å². The minimum Gasteiger partial charge on any atom is -0.477 e. The van der Waals surface area contributed by atoms with Crippen LogP contribution in [0.15, 0.2) is 11.1 Å². The van der Waals surface area contributed by atoms with Gasteiger partial charge >= 0.3 is 5.97 Å². The van der Waals surface area contributed by atoms with Crippen molar-refractivity contribution in [1.29, 1.82) is 0 Å². The van der Waals surface area contributed by atoms with E-state index in [-0.39, 0.29) is 20.8 Å². The zero-order valence-electron chi connectivity index (χ0n) is 7.52. The number of hydrogen-bond acceptors (Lipinski definition) is 4. The molecule has 0 amide bonds. The fraction of sp³-hybridized carbons (Fsp3) is 0.125. The van der Waals surface area contributed by atoms with Crippen molar-refractivity contribution in [2.45, 2.75) is 0 Å². The standard InChI is InChI=1S/C8H5ClN2O3S/c1-11-2-10-6-3(7(11)12)4(9)5(15-6)8(13)14/h2H,1H3,(H,13,14). The van der Waals surface area contributed by atoms with Crippen LogP contribution in [-0.2, 0) is 7.05 Å². The third kappa shape index (κ3) is 1.42. The van der Waals surface area contributed by atoms with Crippen molar-refractivity contribution in [1.82, 2.24) is 9.55 Å². The van der Waals surface area contributed by atoms with Crippen LogP contribution in [0, 0.1) is 0 Å². The summed E-state index contributed by atoms with van der Waals surface area (Å²) in [5, 5.41) is 8.96. The Bertz CT molecular complexity index is 616. The fourth-order valence-electron chi connectivity index (χ4n) is 1.18. The van der Waals surface area contributed by atoms with E-state index in [2.05, 4.69) is 4.98 Å². The average Bonchev–Trinajstić information content (AvgIpc) is 2.50. The van der Waals surface area contributed by atoms with Crippen molar-refractivity contribution in [2.24, 2.45) is 7.05 Å². The first-order valence-corrected chi connectivity index (χ1v) is 5.08. The highest BCUT2D eigenvalue weighted by Gasteiger charge is 2.19. The Labute approximate surface area is 92.6 Å². The Kier molecular flexibility index (Phi) is 2.24. The molecule has 15 heavy (non-hydrogen) atoms. The normalized spacial score (nSPS) is 10.8. The van der Waals surface area contributed by atoms with Crippen molar-refractivity contribution < 1.29 is 9.90 Å². The van der Waals surface area contributed by atoms with Gasteiger partial charge in [-0.1, -0.05) is 11.6 Å². The van der Waals surface area contributed by atoms with Gasteiger partial charge in [0, 0.05) is 7.05 Å². The predicted molar refractivity (Wildman–Crippen MR) is 56.8 cm³/mol. The maximum absolute atomic E-state index is 11.6. The highest BCUT2D eigenvalue weighted by Crippen LogP contribution is 2.31. The second-order valence-corrected chi connectivity index (χ2v) is 4.27. The van der Waals surface area contributed by atoms with Gasteiger partial charge in [-0.3, -0.25) is 4.79 Å². The lowest BCUT2D eigenvalue weighted by molar-refractivity contribution is 0.0702. The molecule has 2 aromatic heterocycles. The number of halogens is 1. The van der Waals surface area contributed by atoms with Gasteiger partial charge in [0.05, 0.1) is 16.7 Å². The molecule has 2 aromatic rings. The minimum absolute atomic E-state index is 0.0313. The number of aromatic nitrogens is 2. The molecule has 7 heteroatoms. The van der Waals surface area contributed by atoms with Crippen LogP contribution >= 0.6 is 22.9 Å². The number of aromatic carboxylic acids is 1. The van der Waals surface area contributed by atoms with Gasteiger partial charge in [0.25, 0.3) is 5.56 Å². The number of nitrogens with zero attached hydrogens (tertiary/aromatic N) is 2. The molecular formula is C8H5ClN2O3S. The maximum atomic E-state index is 11.6. The van der Waals surface area contributed by atoms with Crippen LogP contribution in [0.25, 0.3) is 10.2 Å². The van der Waals surface area contributed by atoms with Crippen LogP contribution in [0.1, 0.15) is 9.67 Å². The number of carboxylic acid groups (broad SMARTS) is 1. The van der Waals surface area contributed by atoms with Gasteiger partial charge in [0.15, 0.2) is 0 Å². The quantitative estimate of drug-likeness (QED) is 0.822. The number of thiophene rings is 1. The summed E-state index contributed by atoms with van der Waals surface area (Å²) in [7, 11) is 1.53. The molecule has 0 aromatic carbocycles. The van der Waals surface area contributed by atoms with Gasteiger partial charge in [-0.25, -0.2) is 9.78 Å². The van der Waals surface area contributed by atoms with Gasteiger partial charge in [0.2, 0.25) is 0 Å². The molecule has 0 spiro atoms. The molecule has 0 atom stereocenters. The van der Waals surface area contributed by atoms with E-state index in [1.807, 2.05) is 0 Å². The van der Waals surface area contributed by atoms with E-state index in [0.717, 1.165) is 11.3 Å². The Morgan fingerprint density at radius 2 is 2.33 bits per heavy atom. The fourth-order valence-corrected chi connectivity index (χ4v) is 2.47. The first-order chi connectivity index (χ1) is 7.02. The number of carboxylic acids is 1. The van der Waals surface area contributed by atoms with Gasteiger partial charge in [-0.05, 0) is 0 Å². The van der Waals surface area contributed by atoms with E-state index in [0.29, 0.717) is 4.83 Å². The van der Waals surface area contributed by atoms with E-state index < -0.39 is 5.97 Å². The first kappa shape index (κ1) is 10.1. The summed E-state index contributed by atoms with van der Waals surface area (Å²) in [6.07, 6.45) is 1.34. The van der Waals surface area contributed by atoms with Crippen molar-refractivity contribution in [3.05, 3.63) is 26.6 Å². The van der Waals surface area contributed by atoms with Gasteiger partial charge in [0.1, 0.15) is 9.71 Å². The van der Waals surface area contributed by atoms with Crippen LogP contribution in [0.4, 0.5) is 0 Å². The molecule has 0 fully saturated rings. The monoisotopic (exact) mass is 244 g/mol. The molecule has 1 N–H and O–H groups in total. The molecule has 0 saturated heterocycles. The lowest BCUT2D eigenvalue weighted by Gasteiger charge is -1.94. The summed E-state index contributed by atoms with van der Waals surface area (Å²) in [6.45, 7) is 0. The van der Waals surface area contributed by atoms with Crippen molar-refractivity contribution in [3.63, 3.8) is 0 Å². The highest BCUT2D eigenvalue weighted by molar-refractivity contribution is 7.21. The molecule has 0 radical (unpaired) electrons. The molecule has 0 aliphatic rings.